The highest BCUT2D eigenvalue weighted by Crippen LogP contribution is 2.27. The van der Waals surface area contributed by atoms with E-state index in [1.807, 2.05) is 39.0 Å². The van der Waals surface area contributed by atoms with Crippen LogP contribution in [0.1, 0.15) is 48.3 Å². The van der Waals surface area contributed by atoms with Gasteiger partial charge in [-0.1, -0.05) is 13.8 Å². The van der Waals surface area contributed by atoms with Gasteiger partial charge in [-0.2, -0.15) is 0 Å². The SMILES string of the molecule is CCOC(=O)c1cc(C)c(-c2ccco2)nc1C(C)C. The molecule has 0 bridgehead atoms. The van der Waals surface area contributed by atoms with Gasteiger partial charge in [-0.3, -0.25) is 0 Å². The zero-order valence-electron chi connectivity index (χ0n) is 12.3. The second-order valence-electron chi connectivity index (χ2n) is 4.94. The van der Waals surface area contributed by atoms with Gasteiger partial charge in [0.2, 0.25) is 0 Å². The van der Waals surface area contributed by atoms with Crippen molar-refractivity contribution in [3.8, 4) is 11.5 Å². The quantitative estimate of drug-likeness (QED) is 0.791. The molecule has 0 aromatic carbocycles. The highest BCUT2D eigenvalue weighted by Gasteiger charge is 2.20. The molecule has 0 aliphatic heterocycles. The molecule has 0 spiro atoms. The first kappa shape index (κ1) is 14.3. The molecule has 2 aromatic heterocycles. The predicted octanol–water partition coefficient (Wildman–Crippen LogP) is 3.95. The topological polar surface area (TPSA) is 52.3 Å². The summed E-state index contributed by atoms with van der Waals surface area (Å²) < 4.78 is 10.5. The van der Waals surface area contributed by atoms with Crippen molar-refractivity contribution in [3.05, 3.63) is 41.3 Å². The van der Waals surface area contributed by atoms with Crippen LogP contribution < -0.4 is 0 Å². The van der Waals surface area contributed by atoms with Crippen LogP contribution in [0.3, 0.4) is 0 Å². The van der Waals surface area contributed by atoms with Crippen molar-refractivity contribution in [2.45, 2.75) is 33.6 Å². The third kappa shape index (κ3) is 2.74. The summed E-state index contributed by atoms with van der Waals surface area (Å²) in [4.78, 5) is 16.7. The molecule has 0 unspecified atom stereocenters. The van der Waals surface area contributed by atoms with Crippen LogP contribution in [-0.4, -0.2) is 17.6 Å². The Kier molecular flexibility index (Phi) is 4.23. The summed E-state index contributed by atoms with van der Waals surface area (Å²) in [5.41, 5.74) is 2.94. The van der Waals surface area contributed by atoms with E-state index in [1.54, 1.807) is 13.2 Å². The number of aryl methyl sites for hydroxylation is 1. The van der Waals surface area contributed by atoms with Crippen LogP contribution in [0.25, 0.3) is 11.5 Å². The van der Waals surface area contributed by atoms with Crippen molar-refractivity contribution in [1.82, 2.24) is 4.98 Å². The molecule has 4 heteroatoms. The second kappa shape index (κ2) is 5.90. The predicted molar refractivity (Wildman–Crippen MR) is 76.7 cm³/mol. The van der Waals surface area contributed by atoms with Crippen LogP contribution in [0.4, 0.5) is 0 Å². The minimum absolute atomic E-state index is 0.128. The van der Waals surface area contributed by atoms with Gasteiger partial charge in [0.1, 0.15) is 5.69 Å². The number of ether oxygens (including phenoxy) is 1. The molecule has 20 heavy (non-hydrogen) atoms. The molecule has 106 valence electrons. The first-order chi connectivity index (χ1) is 9.54. The molecular weight excluding hydrogens is 254 g/mol. The Bertz CT molecular complexity index is 600. The summed E-state index contributed by atoms with van der Waals surface area (Å²) in [6.07, 6.45) is 1.62. The van der Waals surface area contributed by atoms with Crippen LogP contribution >= 0.6 is 0 Å². The molecule has 0 aliphatic rings. The average Bonchev–Trinajstić information content (AvgIpc) is 2.92. The molecule has 0 saturated heterocycles. The zero-order chi connectivity index (χ0) is 14.7. The van der Waals surface area contributed by atoms with E-state index >= 15 is 0 Å². The molecule has 0 saturated carbocycles. The molecule has 2 rings (SSSR count). The lowest BCUT2D eigenvalue weighted by Gasteiger charge is -2.14. The van der Waals surface area contributed by atoms with Gasteiger partial charge >= 0.3 is 5.97 Å². The van der Waals surface area contributed by atoms with Crippen molar-refractivity contribution < 1.29 is 13.9 Å². The summed E-state index contributed by atoms with van der Waals surface area (Å²) in [5, 5.41) is 0. The average molecular weight is 273 g/mol. The van der Waals surface area contributed by atoms with Gasteiger partial charge < -0.3 is 9.15 Å². The number of hydrogen-bond donors (Lipinski definition) is 0. The van der Waals surface area contributed by atoms with Gasteiger partial charge in [-0.15, -0.1) is 0 Å². The van der Waals surface area contributed by atoms with Crippen molar-refractivity contribution in [1.29, 1.82) is 0 Å². The lowest BCUT2D eigenvalue weighted by atomic mass is 10.00. The number of aromatic nitrogens is 1. The lowest BCUT2D eigenvalue weighted by molar-refractivity contribution is 0.0524. The number of pyridine rings is 1. The van der Waals surface area contributed by atoms with E-state index in [0.717, 1.165) is 17.0 Å². The van der Waals surface area contributed by atoms with Gasteiger partial charge in [0, 0.05) is 0 Å². The zero-order valence-corrected chi connectivity index (χ0v) is 12.3. The number of rotatable bonds is 4. The summed E-state index contributed by atoms with van der Waals surface area (Å²) in [5.74, 6) is 0.515. The summed E-state index contributed by atoms with van der Waals surface area (Å²) in [7, 11) is 0. The fourth-order valence-corrected chi connectivity index (χ4v) is 2.10. The van der Waals surface area contributed by atoms with E-state index < -0.39 is 0 Å². The Hall–Kier alpha value is -2.10. The molecule has 0 fully saturated rings. The fraction of sp³-hybridized carbons (Fsp3) is 0.375. The maximum Gasteiger partial charge on any atom is 0.339 e. The Morgan fingerprint density at radius 2 is 2.20 bits per heavy atom. The number of furan rings is 1. The smallest absolute Gasteiger partial charge is 0.339 e. The van der Waals surface area contributed by atoms with E-state index in [4.69, 9.17) is 9.15 Å². The van der Waals surface area contributed by atoms with Crippen LogP contribution in [0.2, 0.25) is 0 Å². The van der Waals surface area contributed by atoms with Crippen molar-refractivity contribution in [3.63, 3.8) is 0 Å². The van der Waals surface area contributed by atoms with E-state index in [0.29, 0.717) is 17.9 Å². The van der Waals surface area contributed by atoms with Gasteiger partial charge in [-0.25, -0.2) is 9.78 Å². The molecular formula is C16H19NO3. The fourth-order valence-electron chi connectivity index (χ4n) is 2.10. The second-order valence-corrected chi connectivity index (χ2v) is 4.94. The normalized spacial score (nSPS) is 10.8. The number of esters is 1. The highest BCUT2D eigenvalue weighted by atomic mass is 16.5. The first-order valence-corrected chi connectivity index (χ1v) is 6.77. The molecule has 0 atom stereocenters. The Labute approximate surface area is 118 Å². The maximum absolute atomic E-state index is 12.0. The van der Waals surface area contributed by atoms with E-state index in [9.17, 15) is 4.79 Å². The Balaban J connectivity index is 2.55. The molecule has 4 nitrogen and oxygen atoms in total. The van der Waals surface area contributed by atoms with Gasteiger partial charge in [0.15, 0.2) is 5.76 Å². The minimum Gasteiger partial charge on any atom is -0.463 e. The van der Waals surface area contributed by atoms with Crippen LogP contribution in [0.15, 0.2) is 28.9 Å². The van der Waals surface area contributed by atoms with E-state index in [1.165, 1.54) is 0 Å². The Morgan fingerprint density at radius 1 is 1.45 bits per heavy atom. The van der Waals surface area contributed by atoms with Crippen LogP contribution in [0.5, 0.6) is 0 Å². The monoisotopic (exact) mass is 273 g/mol. The number of nitrogens with zero attached hydrogens (tertiary/aromatic N) is 1. The lowest BCUT2D eigenvalue weighted by Crippen LogP contribution is -2.12. The third-order valence-electron chi connectivity index (χ3n) is 3.04. The minimum atomic E-state index is -0.321. The van der Waals surface area contributed by atoms with Gasteiger partial charge in [-0.05, 0) is 43.5 Å². The maximum atomic E-state index is 12.0. The number of carbonyl (C=O) groups is 1. The largest absolute Gasteiger partial charge is 0.463 e. The van der Waals surface area contributed by atoms with Crippen LogP contribution in [-0.2, 0) is 4.74 Å². The molecule has 2 aromatic rings. The molecule has 0 amide bonds. The van der Waals surface area contributed by atoms with Crippen molar-refractivity contribution >= 4 is 5.97 Å². The van der Waals surface area contributed by atoms with Crippen molar-refractivity contribution in [2.24, 2.45) is 0 Å². The molecule has 0 N–H and O–H groups in total. The molecule has 2 heterocycles. The standard InChI is InChI=1S/C16H19NO3/c1-5-19-16(18)12-9-11(4)15(13-7-6-8-20-13)17-14(12)10(2)3/h6-10H,5H2,1-4H3. The highest BCUT2D eigenvalue weighted by molar-refractivity contribution is 5.91. The summed E-state index contributed by atoms with van der Waals surface area (Å²) >= 11 is 0. The summed E-state index contributed by atoms with van der Waals surface area (Å²) in [6.45, 7) is 8.08. The van der Waals surface area contributed by atoms with Crippen LogP contribution in [0, 0.1) is 6.92 Å². The molecule has 0 aliphatic carbocycles. The summed E-state index contributed by atoms with van der Waals surface area (Å²) in [6, 6.07) is 5.52. The molecule has 0 radical (unpaired) electrons. The number of hydrogen-bond acceptors (Lipinski definition) is 4. The number of carbonyl (C=O) groups excluding carboxylic acids is 1. The third-order valence-corrected chi connectivity index (χ3v) is 3.04. The van der Waals surface area contributed by atoms with E-state index in [2.05, 4.69) is 4.98 Å². The van der Waals surface area contributed by atoms with Gasteiger partial charge in [0.05, 0.1) is 24.1 Å². The van der Waals surface area contributed by atoms with Gasteiger partial charge in [0.25, 0.3) is 0 Å². The first-order valence-electron chi connectivity index (χ1n) is 6.77. The van der Waals surface area contributed by atoms with Crippen molar-refractivity contribution in [2.75, 3.05) is 6.61 Å². The Morgan fingerprint density at radius 3 is 2.75 bits per heavy atom. The van der Waals surface area contributed by atoms with E-state index in [-0.39, 0.29) is 11.9 Å².